The minimum absolute atomic E-state index is 0.130. The summed E-state index contributed by atoms with van der Waals surface area (Å²) in [4.78, 5) is 32.8. The maximum absolute atomic E-state index is 15.9. The van der Waals surface area contributed by atoms with Gasteiger partial charge in [0.15, 0.2) is 0 Å². The second-order valence-electron chi connectivity index (χ2n) is 12.6. The molecular weight excluding hydrogens is 664 g/mol. The van der Waals surface area contributed by atoms with E-state index >= 15 is 13.2 Å². The van der Waals surface area contributed by atoms with Gasteiger partial charge >= 0.3 is 24.2 Å². The van der Waals surface area contributed by atoms with Gasteiger partial charge in [-0.2, -0.15) is 18.2 Å². The van der Waals surface area contributed by atoms with Gasteiger partial charge < -0.3 is 28.8 Å². The summed E-state index contributed by atoms with van der Waals surface area (Å²) < 4.78 is 101. The Balaban J connectivity index is 1.38. The van der Waals surface area contributed by atoms with Gasteiger partial charge in [-0.15, -0.1) is 5.10 Å². The average molecular weight is 694 g/mol. The number of carbonyl (C=O) groups excluding carboxylic acids is 2. The number of nitrogens with zero attached hydrogens (tertiary/aromatic N) is 6. The molecule has 1 saturated heterocycles. The first-order valence-electron chi connectivity index (χ1n) is 15.1. The Morgan fingerprint density at radius 1 is 1.08 bits per heavy atom. The van der Waals surface area contributed by atoms with Gasteiger partial charge in [0.1, 0.15) is 17.5 Å². The van der Waals surface area contributed by atoms with E-state index in [0.29, 0.717) is 24.7 Å². The Bertz CT molecular complexity index is 1860. The Labute approximate surface area is 274 Å². The van der Waals surface area contributed by atoms with Gasteiger partial charge in [0, 0.05) is 30.6 Å². The molecule has 2 amide bonds. The van der Waals surface area contributed by atoms with Crippen molar-refractivity contribution in [2.45, 2.75) is 70.3 Å². The van der Waals surface area contributed by atoms with E-state index < -0.39 is 65.1 Å². The molecule has 1 N–H and O–H groups in total. The van der Waals surface area contributed by atoms with Crippen molar-refractivity contribution >= 4 is 23.7 Å². The quantitative estimate of drug-likeness (QED) is 0.224. The van der Waals surface area contributed by atoms with Crippen LogP contribution in [0.3, 0.4) is 0 Å². The zero-order valence-corrected chi connectivity index (χ0v) is 26.3. The number of nitrogens with one attached hydrogen (secondary N) is 1. The third-order valence-electron chi connectivity index (χ3n) is 7.73. The third-order valence-corrected chi connectivity index (χ3v) is 7.73. The number of amides is 2. The number of fused-ring (bicyclic) bond motifs is 1. The summed E-state index contributed by atoms with van der Waals surface area (Å²) in [5.74, 6) is -8.10. The van der Waals surface area contributed by atoms with Crippen molar-refractivity contribution in [3.63, 3.8) is 0 Å². The topological polar surface area (TPSA) is 140 Å². The van der Waals surface area contributed by atoms with Crippen molar-refractivity contribution in [1.29, 1.82) is 0 Å². The smallest absolute Gasteiger partial charge is 0.444 e. The van der Waals surface area contributed by atoms with E-state index in [1.165, 1.54) is 24.3 Å². The first kappa shape index (κ1) is 33.7. The first-order valence-corrected chi connectivity index (χ1v) is 15.1. The van der Waals surface area contributed by atoms with E-state index in [2.05, 4.69) is 30.2 Å². The summed E-state index contributed by atoms with van der Waals surface area (Å²) in [6.45, 7) is 5.56. The minimum Gasteiger partial charge on any atom is -0.444 e. The Hall–Kier alpha value is -5.16. The summed E-state index contributed by atoms with van der Waals surface area (Å²) in [5.41, 5.74) is -2.12. The van der Waals surface area contributed by atoms with Crippen LogP contribution in [0, 0.1) is 5.82 Å². The van der Waals surface area contributed by atoms with Crippen molar-refractivity contribution in [2.24, 2.45) is 0 Å². The molecule has 0 aliphatic carbocycles. The summed E-state index contributed by atoms with van der Waals surface area (Å²) in [6, 6.07) is 5.45. The van der Waals surface area contributed by atoms with E-state index in [1.807, 2.05) is 0 Å². The van der Waals surface area contributed by atoms with Crippen LogP contribution in [0.4, 0.5) is 42.8 Å². The lowest BCUT2D eigenvalue weighted by Crippen LogP contribution is -2.49. The van der Waals surface area contributed by atoms with Gasteiger partial charge in [-0.25, -0.2) is 18.0 Å². The third kappa shape index (κ3) is 7.17. The van der Waals surface area contributed by atoms with Crippen molar-refractivity contribution in [2.75, 3.05) is 22.9 Å². The molecule has 2 aromatic heterocycles. The highest BCUT2D eigenvalue weighted by Gasteiger charge is 2.47. The monoisotopic (exact) mass is 693 g/mol. The summed E-state index contributed by atoms with van der Waals surface area (Å²) >= 11 is 0. The molecule has 1 atom stereocenters. The summed E-state index contributed by atoms with van der Waals surface area (Å²) in [5, 5.41) is 13.5. The van der Waals surface area contributed by atoms with Gasteiger partial charge in [-0.05, 0) is 51.3 Å². The van der Waals surface area contributed by atoms with Gasteiger partial charge in [0.25, 0.3) is 11.8 Å². The molecule has 12 nitrogen and oxygen atoms in total. The number of alkyl halides is 5. The second kappa shape index (κ2) is 12.4. The zero-order valence-electron chi connectivity index (χ0n) is 26.3. The molecule has 6 rings (SSSR count). The van der Waals surface area contributed by atoms with Crippen LogP contribution in [0.5, 0.6) is 0 Å². The van der Waals surface area contributed by atoms with Crippen LogP contribution in [-0.2, 0) is 28.2 Å². The zero-order chi connectivity index (χ0) is 35.3. The first-order chi connectivity index (χ1) is 23.0. The highest BCUT2D eigenvalue weighted by Crippen LogP contribution is 2.45. The molecule has 18 heteroatoms. The van der Waals surface area contributed by atoms with Crippen molar-refractivity contribution in [1.82, 2.24) is 25.7 Å². The molecule has 2 aromatic carbocycles. The maximum atomic E-state index is 15.9. The molecular formula is C31H29F6N7O5. The Kier molecular flexibility index (Phi) is 8.52. The van der Waals surface area contributed by atoms with E-state index in [4.69, 9.17) is 9.15 Å². The van der Waals surface area contributed by atoms with Gasteiger partial charge in [-0.1, -0.05) is 34.5 Å². The van der Waals surface area contributed by atoms with Crippen molar-refractivity contribution in [3.05, 3.63) is 59.2 Å². The van der Waals surface area contributed by atoms with E-state index in [9.17, 15) is 22.8 Å². The average Bonchev–Trinajstić information content (AvgIpc) is 3.79. The highest BCUT2D eigenvalue weighted by molar-refractivity contribution is 6.01. The number of aromatic nitrogens is 4. The number of halogens is 6. The fraction of sp³-hybridized carbons (Fsp3) is 0.419. The van der Waals surface area contributed by atoms with E-state index in [-0.39, 0.29) is 35.4 Å². The Morgan fingerprint density at radius 3 is 2.41 bits per heavy atom. The molecule has 49 heavy (non-hydrogen) atoms. The van der Waals surface area contributed by atoms with Crippen LogP contribution in [-0.4, -0.2) is 57.1 Å². The van der Waals surface area contributed by atoms with Crippen molar-refractivity contribution < 1.29 is 49.6 Å². The van der Waals surface area contributed by atoms with Crippen LogP contribution in [0.2, 0.25) is 0 Å². The molecule has 4 aromatic rings. The number of benzene rings is 2. The number of rotatable bonds is 6. The van der Waals surface area contributed by atoms with Crippen LogP contribution < -0.4 is 15.1 Å². The van der Waals surface area contributed by atoms with Crippen LogP contribution in [0.1, 0.15) is 57.1 Å². The number of anilines is 2. The van der Waals surface area contributed by atoms with Crippen LogP contribution in [0.15, 0.2) is 45.3 Å². The number of alkyl carbamates (subject to hydrolysis) is 1. The molecule has 1 fully saturated rings. The molecule has 2 aliphatic rings. The predicted octanol–water partition coefficient (Wildman–Crippen LogP) is 6.47. The molecule has 0 saturated carbocycles. The lowest BCUT2D eigenvalue weighted by Gasteiger charge is -2.27. The molecule has 260 valence electrons. The minimum atomic E-state index is -4.85. The van der Waals surface area contributed by atoms with Gasteiger partial charge in [0.2, 0.25) is 11.7 Å². The molecule has 4 heterocycles. The summed E-state index contributed by atoms with van der Waals surface area (Å²) in [7, 11) is 0. The van der Waals surface area contributed by atoms with E-state index in [0.717, 1.165) is 23.8 Å². The SMILES string of the molecule is CC(C)(C)OC(=O)NC1CC(F)(F)c2cc(F)c(-c3nnc(N4CCCC4)o3)cc2N(Cc2ccc(-c3noc(C(F)(F)F)n3)cc2)C1=O. The van der Waals surface area contributed by atoms with Crippen molar-refractivity contribution in [3.8, 4) is 22.8 Å². The van der Waals surface area contributed by atoms with Crippen LogP contribution >= 0.6 is 0 Å². The maximum Gasteiger partial charge on any atom is 0.471 e. The standard InChI is InChI=1S/C31H29F6N7O5/c1-29(2,3)48-28(46)38-21-14-30(33,34)19-13-20(32)18(24-40-41-27(47-24)43-10-4-5-11-43)12-22(19)44(25(21)45)15-16-6-8-17(9-7-16)23-39-26(49-42-23)31(35,36)37/h6-9,12-13,21H,4-5,10-11,14-15H2,1-3H3,(H,38,46). The molecule has 2 aliphatic heterocycles. The van der Waals surface area contributed by atoms with Gasteiger partial charge in [-0.3, -0.25) is 4.79 Å². The largest absolute Gasteiger partial charge is 0.471 e. The molecule has 0 spiro atoms. The lowest BCUT2D eigenvalue weighted by molar-refractivity contribution is -0.159. The van der Waals surface area contributed by atoms with Crippen LogP contribution in [0.25, 0.3) is 22.8 Å². The fourth-order valence-corrected chi connectivity index (χ4v) is 5.49. The predicted molar refractivity (Wildman–Crippen MR) is 159 cm³/mol. The normalized spacial score (nSPS) is 18.0. The molecule has 1 unspecified atom stereocenters. The van der Waals surface area contributed by atoms with Gasteiger partial charge in [0.05, 0.1) is 17.8 Å². The van der Waals surface area contributed by atoms with E-state index in [1.54, 1.807) is 25.7 Å². The lowest BCUT2D eigenvalue weighted by atomic mass is 9.99. The molecule has 0 bridgehead atoms. The number of carbonyl (C=O) groups is 2. The number of ether oxygens (including phenoxy) is 1. The number of hydrogen-bond acceptors (Lipinski definition) is 10. The second-order valence-corrected chi connectivity index (χ2v) is 12.6. The summed E-state index contributed by atoms with van der Waals surface area (Å²) in [6.07, 6.45) is -5.42. The molecule has 0 radical (unpaired) electrons. The highest BCUT2D eigenvalue weighted by atomic mass is 19.4. The Morgan fingerprint density at radius 2 is 1.78 bits per heavy atom. The number of hydrogen-bond donors (Lipinski definition) is 1. The fourth-order valence-electron chi connectivity index (χ4n) is 5.49.